The van der Waals surface area contributed by atoms with Crippen LogP contribution in [0.1, 0.15) is 28.5 Å². The van der Waals surface area contributed by atoms with Crippen molar-refractivity contribution in [3.8, 4) is 0 Å². The summed E-state index contributed by atoms with van der Waals surface area (Å²) >= 11 is 0. The molecular weight excluding hydrogens is 212 g/mol. The maximum atomic E-state index is 11.4. The van der Waals surface area contributed by atoms with Crippen molar-refractivity contribution in [1.82, 2.24) is 4.98 Å². The van der Waals surface area contributed by atoms with Gasteiger partial charge in [-0.15, -0.1) is 0 Å². The topological polar surface area (TPSA) is 85.2 Å². The molecule has 0 fully saturated rings. The standard InChI is InChI=1S/C10H14N2O4/c1-3-16-10(13)8-6-11-9(7(8)2)4-5-12(14)15/h6,11H,3-5H2,1-2H3. The number of H-pyrrole nitrogens is 1. The van der Waals surface area contributed by atoms with Crippen LogP contribution in [0.3, 0.4) is 0 Å². The van der Waals surface area contributed by atoms with Gasteiger partial charge in [0, 0.05) is 16.8 Å². The largest absolute Gasteiger partial charge is 0.462 e. The number of hydrogen-bond donors (Lipinski definition) is 1. The van der Waals surface area contributed by atoms with E-state index >= 15 is 0 Å². The van der Waals surface area contributed by atoms with Gasteiger partial charge in [-0.2, -0.15) is 0 Å². The second-order valence-corrected chi connectivity index (χ2v) is 3.33. The maximum Gasteiger partial charge on any atom is 0.339 e. The molecule has 0 atom stereocenters. The van der Waals surface area contributed by atoms with Crippen molar-refractivity contribution >= 4 is 5.97 Å². The van der Waals surface area contributed by atoms with Gasteiger partial charge in [-0.05, 0) is 19.4 Å². The normalized spacial score (nSPS) is 10.1. The summed E-state index contributed by atoms with van der Waals surface area (Å²) in [4.78, 5) is 24.1. The first kappa shape index (κ1) is 12.2. The van der Waals surface area contributed by atoms with Gasteiger partial charge in [-0.25, -0.2) is 4.79 Å². The molecule has 0 amide bonds. The van der Waals surface area contributed by atoms with Gasteiger partial charge >= 0.3 is 5.97 Å². The van der Waals surface area contributed by atoms with Crippen LogP contribution < -0.4 is 0 Å². The molecule has 1 aromatic heterocycles. The van der Waals surface area contributed by atoms with Crippen LogP contribution in [0.25, 0.3) is 0 Å². The van der Waals surface area contributed by atoms with Crippen LogP contribution in [-0.2, 0) is 11.2 Å². The monoisotopic (exact) mass is 226 g/mol. The van der Waals surface area contributed by atoms with E-state index in [1.807, 2.05) is 0 Å². The molecule has 0 aliphatic carbocycles. The van der Waals surface area contributed by atoms with Crippen LogP contribution in [0.2, 0.25) is 0 Å². The average molecular weight is 226 g/mol. The molecule has 0 spiro atoms. The van der Waals surface area contributed by atoms with E-state index in [1.165, 1.54) is 6.20 Å². The van der Waals surface area contributed by atoms with Gasteiger partial charge in [0.15, 0.2) is 0 Å². The number of rotatable bonds is 5. The van der Waals surface area contributed by atoms with Crippen LogP contribution in [-0.4, -0.2) is 29.0 Å². The molecule has 1 heterocycles. The lowest BCUT2D eigenvalue weighted by molar-refractivity contribution is -0.479. The molecule has 16 heavy (non-hydrogen) atoms. The fourth-order valence-corrected chi connectivity index (χ4v) is 1.42. The number of nitrogens with zero attached hydrogens (tertiary/aromatic N) is 1. The SMILES string of the molecule is CCOC(=O)c1c[nH]c(CC[N+](=O)[O-])c1C. The summed E-state index contributed by atoms with van der Waals surface area (Å²) in [5, 5.41) is 10.2. The second-order valence-electron chi connectivity index (χ2n) is 3.33. The third-order valence-corrected chi connectivity index (χ3v) is 2.29. The molecular formula is C10H14N2O4. The van der Waals surface area contributed by atoms with E-state index in [-0.39, 0.29) is 17.9 Å². The highest BCUT2D eigenvalue weighted by Gasteiger charge is 2.15. The molecule has 6 heteroatoms. The molecule has 0 aromatic carbocycles. The van der Waals surface area contributed by atoms with Gasteiger partial charge in [0.2, 0.25) is 6.54 Å². The molecule has 0 aliphatic heterocycles. The van der Waals surface area contributed by atoms with Crippen LogP contribution in [0.4, 0.5) is 0 Å². The number of nitro groups is 1. The smallest absolute Gasteiger partial charge is 0.339 e. The Balaban J connectivity index is 2.75. The third-order valence-electron chi connectivity index (χ3n) is 2.29. The van der Waals surface area contributed by atoms with Gasteiger partial charge in [0.1, 0.15) is 0 Å². The number of aromatic nitrogens is 1. The number of carbonyl (C=O) groups is 1. The van der Waals surface area contributed by atoms with Crippen molar-refractivity contribution in [3.05, 3.63) is 33.1 Å². The highest BCUT2D eigenvalue weighted by Crippen LogP contribution is 2.14. The zero-order chi connectivity index (χ0) is 12.1. The zero-order valence-corrected chi connectivity index (χ0v) is 9.28. The van der Waals surface area contributed by atoms with Crippen LogP contribution in [0, 0.1) is 17.0 Å². The Kier molecular flexibility index (Phi) is 4.04. The summed E-state index contributed by atoms with van der Waals surface area (Å²) in [5.74, 6) is -0.399. The van der Waals surface area contributed by atoms with Gasteiger partial charge in [0.25, 0.3) is 0 Å². The number of ether oxygens (including phenoxy) is 1. The van der Waals surface area contributed by atoms with Crippen molar-refractivity contribution in [2.24, 2.45) is 0 Å². The molecule has 0 saturated carbocycles. The lowest BCUT2D eigenvalue weighted by Gasteiger charge is -2.00. The first-order valence-electron chi connectivity index (χ1n) is 5.02. The molecule has 0 aliphatic rings. The van der Waals surface area contributed by atoms with Gasteiger partial charge in [0.05, 0.1) is 18.6 Å². The van der Waals surface area contributed by atoms with Gasteiger partial charge in [-0.1, -0.05) is 0 Å². The number of esters is 1. The number of hydrogen-bond acceptors (Lipinski definition) is 4. The Labute approximate surface area is 92.8 Å². The summed E-state index contributed by atoms with van der Waals surface area (Å²) in [6.07, 6.45) is 1.82. The van der Waals surface area contributed by atoms with E-state index in [0.717, 1.165) is 5.56 Å². The molecule has 6 nitrogen and oxygen atoms in total. The van der Waals surface area contributed by atoms with E-state index in [9.17, 15) is 14.9 Å². The second kappa shape index (κ2) is 5.29. The molecule has 1 N–H and O–H groups in total. The lowest BCUT2D eigenvalue weighted by atomic mass is 10.1. The minimum Gasteiger partial charge on any atom is -0.462 e. The first-order valence-corrected chi connectivity index (χ1v) is 5.02. The van der Waals surface area contributed by atoms with E-state index in [4.69, 9.17) is 4.74 Å². The number of carbonyl (C=O) groups excluding carboxylic acids is 1. The van der Waals surface area contributed by atoms with E-state index in [2.05, 4.69) is 4.98 Å². The third kappa shape index (κ3) is 2.82. The predicted octanol–water partition coefficient (Wildman–Crippen LogP) is 1.32. The first-order chi connectivity index (χ1) is 7.56. The Morgan fingerprint density at radius 1 is 1.62 bits per heavy atom. The Morgan fingerprint density at radius 3 is 2.88 bits per heavy atom. The highest BCUT2D eigenvalue weighted by atomic mass is 16.6. The summed E-state index contributed by atoms with van der Waals surface area (Å²) in [6.45, 7) is 3.64. The molecule has 0 bridgehead atoms. The number of nitrogens with one attached hydrogen (secondary N) is 1. The maximum absolute atomic E-state index is 11.4. The van der Waals surface area contributed by atoms with Crippen LogP contribution >= 0.6 is 0 Å². The molecule has 88 valence electrons. The summed E-state index contributed by atoms with van der Waals surface area (Å²) in [5.41, 5.74) is 1.88. The fraction of sp³-hybridized carbons (Fsp3) is 0.500. The van der Waals surface area contributed by atoms with E-state index < -0.39 is 5.97 Å². The highest BCUT2D eigenvalue weighted by molar-refractivity contribution is 5.91. The van der Waals surface area contributed by atoms with E-state index in [0.29, 0.717) is 17.9 Å². The minimum atomic E-state index is -0.399. The zero-order valence-electron chi connectivity index (χ0n) is 9.28. The van der Waals surface area contributed by atoms with Gasteiger partial charge < -0.3 is 9.72 Å². The van der Waals surface area contributed by atoms with Crippen molar-refractivity contribution in [2.75, 3.05) is 13.2 Å². The van der Waals surface area contributed by atoms with Crippen molar-refractivity contribution < 1.29 is 14.5 Å². The Hall–Kier alpha value is -1.85. The quantitative estimate of drug-likeness (QED) is 0.466. The van der Waals surface area contributed by atoms with Gasteiger partial charge in [-0.3, -0.25) is 10.1 Å². The van der Waals surface area contributed by atoms with Crippen molar-refractivity contribution in [1.29, 1.82) is 0 Å². The molecule has 0 radical (unpaired) electrons. The predicted molar refractivity (Wildman–Crippen MR) is 57.1 cm³/mol. The fourth-order valence-electron chi connectivity index (χ4n) is 1.42. The van der Waals surface area contributed by atoms with E-state index in [1.54, 1.807) is 13.8 Å². The molecule has 0 saturated heterocycles. The molecule has 0 unspecified atom stereocenters. The number of aromatic amines is 1. The molecule has 1 rings (SSSR count). The Bertz CT molecular complexity index is 398. The van der Waals surface area contributed by atoms with Crippen LogP contribution in [0.15, 0.2) is 6.20 Å². The van der Waals surface area contributed by atoms with Crippen LogP contribution in [0.5, 0.6) is 0 Å². The average Bonchev–Trinajstić information content (AvgIpc) is 2.57. The summed E-state index contributed by atoms with van der Waals surface area (Å²) in [7, 11) is 0. The summed E-state index contributed by atoms with van der Waals surface area (Å²) in [6, 6.07) is 0. The van der Waals surface area contributed by atoms with Crippen molar-refractivity contribution in [3.63, 3.8) is 0 Å². The van der Waals surface area contributed by atoms with Crippen molar-refractivity contribution in [2.45, 2.75) is 20.3 Å². The lowest BCUT2D eigenvalue weighted by Crippen LogP contribution is -2.07. The summed E-state index contributed by atoms with van der Waals surface area (Å²) < 4.78 is 4.85. The molecule has 1 aromatic rings. The Morgan fingerprint density at radius 2 is 2.31 bits per heavy atom. The minimum absolute atomic E-state index is 0.149.